The van der Waals surface area contributed by atoms with Crippen LogP contribution in [0.5, 0.6) is 0 Å². The molecule has 0 aliphatic rings. The van der Waals surface area contributed by atoms with Gasteiger partial charge in [0.2, 0.25) is 0 Å². The van der Waals surface area contributed by atoms with E-state index in [1.165, 1.54) is 12.1 Å². The van der Waals surface area contributed by atoms with Crippen molar-refractivity contribution in [2.24, 2.45) is 0 Å². The molecule has 0 unspecified atom stereocenters. The van der Waals surface area contributed by atoms with E-state index in [4.69, 9.17) is 0 Å². The van der Waals surface area contributed by atoms with E-state index in [0.717, 1.165) is 22.2 Å². The number of hydrogen-bond donors (Lipinski definition) is 1. The van der Waals surface area contributed by atoms with Crippen molar-refractivity contribution >= 4 is 23.2 Å². The van der Waals surface area contributed by atoms with Gasteiger partial charge in [-0.05, 0) is 35.4 Å². The lowest BCUT2D eigenvalue weighted by molar-refractivity contribution is 0.628. The Kier molecular flexibility index (Phi) is 2.65. The zero-order valence-corrected chi connectivity index (χ0v) is 9.60. The van der Waals surface area contributed by atoms with Gasteiger partial charge in [-0.25, -0.2) is 9.37 Å². The first-order valence-corrected chi connectivity index (χ1v) is 5.69. The van der Waals surface area contributed by atoms with Gasteiger partial charge in [0.1, 0.15) is 11.5 Å². The number of nitrogens with one attached hydrogen (secondary N) is 1. The Morgan fingerprint density at radius 2 is 1.83 bits per heavy atom. The number of halogens is 1. The second kappa shape index (κ2) is 4.45. The summed E-state index contributed by atoms with van der Waals surface area (Å²) in [4.78, 5) is 7.30. The van der Waals surface area contributed by atoms with Crippen LogP contribution in [0.3, 0.4) is 0 Å². The van der Waals surface area contributed by atoms with Crippen LogP contribution < -0.4 is 0 Å². The van der Waals surface area contributed by atoms with Gasteiger partial charge >= 0.3 is 0 Å². The number of hydrogen-bond acceptors (Lipinski definition) is 1. The van der Waals surface area contributed by atoms with Gasteiger partial charge in [-0.1, -0.05) is 24.3 Å². The highest BCUT2D eigenvalue weighted by atomic mass is 19.1. The van der Waals surface area contributed by atoms with Crippen LogP contribution >= 0.6 is 0 Å². The minimum Gasteiger partial charge on any atom is -0.346 e. The molecule has 0 bridgehead atoms. The molecule has 18 heavy (non-hydrogen) atoms. The molecule has 1 N–H and O–H groups in total. The highest BCUT2D eigenvalue weighted by Crippen LogP contribution is 2.17. The maximum absolute atomic E-state index is 12.8. The van der Waals surface area contributed by atoms with Crippen LogP contribution in [0.25, 0.3) is 23.2 Å². The third-order valence-electron chi connectivity index (χ3n) is 2.82. The summed E-state index contributed by atoms with van der Waals surface area (Å²) < 4.78 is 12.8. The molecule has 0 aliphatic heterocycles. The summed E-state index contributed by atoms with van der Waals surface area (Å²) in [5.41, 5.74) is 2.93. The summed E-state index contributed by atoms with van der Waals surface area (Å²) in [6.07, 6.45) is 7.60. The van der Waals surface area contributed by atoms with Gasteiger partial charge in [0.05, 0.1) is 0 Å². The van der Waals surface area contributed by atoms with E-state index in [0.29, 0.717) is 0 Å². The van der Waals surface area contributed by atoms with Crippen LogP contribution in [0.4, 0.5) is 4.39 Å². The quantitative estimate of drug-likeness (QED) is 0.721. The molecule has 3 heteroatoms. The number of H-pyrrole nitrogens is 1. The van der Waals surface area contributed by atoms with Crippen LogP contribution in [0, 0.1) is 5.82 Å². The molecule has 0 saturated carbocycles. The monoisotopic (exact) mass is 238 g/mol. The predicted molar refractivity (Wildman–Crippen MR) is 71.4 cm³/mol. The molecule has 2 heterocycles. The van der Waals surface area contributed by atoms with Crippen molar-refractivity contribution in [2.45, 2.75) is 0 Å². The fourth-order valence-corrected chi connectivity index (χ4v) is 1.89. The second-order valence-corrected chi connectivity index (χ2v) is 4.03. The van der Waals surface area contributed by atoms with Crippen molar-refractivity contribution in [3.05, 3.63) is 65.7 Å². The number of rotatable bonds is 2. The lowest BCUT2D eigenvalue weighted by Gasteiger charge is -1.96. The van der Waals surface area contributed by atoms with Gasteiger partial charge in [-0.15, -0.1) is 0 Å². The number of nitrogens with zero attached hydrogens (tertiary/aromatic N) is 1. The molecular formula is C15H11FN2. The molecule has 0 aliphatic carbocycles. The molecule has 1 aromatic carbocycles. The summed E-state index contributed by atoms with van der Waals surface area (Å²) in [5, 5.41) is 1.08. The molecule has 88 valence electrons. The largest absolute Gasteiger partial charge is 0.346 e. The molecule has 2 nitrogen and oxygen atoms in total. The molecule has 3 aromatic rings. The first kappa shape index (κ1) is 10.7. The summed E-state index contributed by atoms with van der Waals surface area (Å²) in [6.45, 7) is 0. The molecule has 0 radical (unpaired) electrons. The van der Waals surface area contributed by atoms with Gasteiger partial charge < -0.3 is 4.98 Å². The Morgan fingerprint density at radius 3 is 2.67 bits per heavy atom. The highest BCUT2D eigenvalue weighted by molar-refractivity contribution is 5.88. The van der Waals surface area contributed by atoms with Crippen LogP contribution in [0.1, 0.15) is 11.1 Å². The summed E-state index contributed by atoms with van der Waals surface area (Å²) in [7, 11) is 0. The van der Waals surface area contributed by atoms with E-state index >= 15 is 0 Å². The number of benzene rings is 1. The van der Waals surface area contributed by atoms with Gasteiger partial charge in [0, 0.05) is 17.8 Å². The summed E-state index contributed by atoms with van der Waals surface area (Å²) in [5.74, 6) is -0.218. The fraction of sp³-hybridized carbons (Fsp3) is 0. The first-order chi connectivity index (χ1) is 8.83. The maximum atomic E-state index is 12.8. The van der Waals surface area contributed by atoms with E-state index in [1.54, 1.807) is 18.3 Å². The highest BCUT2D eigenvalue weighted by Gasteiger charge is 1.98. The zero-order chi connectivity index (χ0) is 12.4. The van der Waals surface area contributed by atoms with Gasteiger partial charge in [-0.3, -0.25) is 0 Å². The lowest BCUT2D eigenvalue weighted by atomic mass is 10.1. The third-order valence-corrected chi connectivity index (χ3v) is 2.82. The second-order valence-electron chi connectivity index (χ2n) is 4.03. The van der Waals surface area contributed by atoms with Gasteiger partial charge in [0.15, 0.2) is 0 Å². The molecule has 0 saturated heterocycles. The Balaban J connectivity index is 1.96. The molecule has 3 rings (SSSR count). The van der Waals surface area contributed by atoms with E-state index in [1.807, 2.05) is 30.5 Å². The predicted octanol–water partition coefficient (Wildman–Crippen LogP) is 3.87. The molecular weight excluding hydrogens is 227 g/mol. The average molecular weight is 238 g/mol. The number of pyridine rings is 1. The molecule has 0 amide bonds. The van der Waals surface area contributed by atoms with Crippen molar-refractivity contribution in [2.75, 3.05) is 0 Å². The Bertz CT molecular complexity index is 696. The average Bonchev–Trinajstić information content (AvgIpc) is 2.87. The fourth-order valence-electron chi connectivity index (χ4n) is 1.89. The van der Waals surface area contributed by atoms with Gasteiger partial charge in [0.25, 0.3) is 0 Å². The van der Waals surface area contributed by atoms with E-state index in [9.17, 15) is 4.39 Å². The van der Waals surface area contributed by atoms with Crippen molar-refractivity contribution in [1.82, 2.24) is 9.97 Å². The number of aromatic nitrogens is 2. The normalized spacial score (nSPS) is 11.4. The maximum Gasteiger partial charge on any atom is 0.137 e. The molecule has 0 atom stereocenters. The topological polar surface area (TPSA) is 28.7 Å². The van der Waals surface area contributed by atoms with E-state index < -0.39 is 0 Å². The third kappa shape index (κ3) is 2.02. The van der Waals surface area contributed by atoms with Crippen molar-refractivity contribution in [3.63, 3.8) is 0 Å². The van der Waals surface area contributed by atoms with Crippen LogP contribution in [-0.4, -0.2) is 9.97 Å². The minimum absolute atomic E-state index is 0.218. The molecule has 2 aromatic heterocycles. The lowest BCUT2D eigenvalue weighted by Crippen LogP contribution is -1.79. The molecule has 0 fully saturated rings. The van der Waals surface area contributed by atoms with Crippen molar-refractivity contribution in [1.29, 1.82) is 0 Å². The van der Waals surface area contributed by atoms with E-state index in [2.05, 4.69) is 9.97 Å². The van der Waals surface area contributed by atoms with Crippen LogP contribution in [-0.2, 0) is 0 Å². The van der Waals surface area contributed by atoms with E-state index in [-0.39, 0.29) is 5.82 Å². The standard InChI is InChI=1S/C15H11FN2/c16-13-5-2-11(3-6-13)1-4-12-7-9-17-15-14(12)8-10-18-15/h1-10H,(H,17,18). The van der Waals surface area contributed by atoms with Crippen molar-refractivity contribution < 1.29 is 4.39 Å². The summed E-state index contributed by atoms with van der Waals surface area (Å²) >= 11 is 0. The Hall–Kier alpha value is -2.42. The number of fused-ring (bicyclic) bond motifs is 1. The Morgan fingerprint density at radius 1 is 1.00 bits per heavy atom. The minimum atomic E-state index is -0.218. The van der Waals surface area contributed by atoms with Crippen molar-refractivity contribution in [3.8, 4) is 0 Å². The summed E-state index contributed by atoms with van der Waals surface area (Å²) in [6, 6.07) is 10.4. The first-order valence-electron chi connectivity index (χ1n) is 5.69. The smallest absolute Gasteiger partial charge is 0.137 e. The van der Waals surface area contributed by atoms with Crippen LogP contribution in [0.15, 0.2) is 48.8 Å². The SMILES string of the molecule is Fc1ccc(C=Cc2ccnc3[nH]ccc23)cc1. The Labute approximate surface area is 104 Å². The van der Waals surface area contributed by atoms with Gasteiger partial charge in [-0.2, -0.15) is 0 Å². The number of aromatic amines is 1. The van der Waals surface area contributed by atoms with Crippen LogP contribution in [0.2, 0.25) is 0 Å². The zero-order valence-electron chi connectivity index (χ0n) is 9.60. The molecule has 0 spiro atoms.